The van der Waals surface area contributed by atoms with E-state index < -0.39 is 6.10 Å². The van der Waals surface area contributed by atoms with E-state index in [4.69, 9.17) is 4.74 Å². The first-order valence-electron chi connectivity index (χ1n) is 4.44. The fourth-order valence-electron chi connectivity index (χ4n) is 1.06. The van der Waals surface area contributed by atoms with Crippen LogP contribution in [0.4, 0.5) is 0 Å². The van der Waals surface area contributed by atoms with Crippen LogP contribution in [0, 0.1) is 0 Å². The maximum absolute atomic E-state index is 9.31. The molecule has 0 spiro atoms. The zero-order valence-electron chi connectivity index (χ0n) is 8.18. The lowest BCUT2D eigenvalue weighted by Gasteiger charge is -2.09. The van der Waals surface area contributed by atoms with Crippen molar-refractivity contribution in [2.75, 3.05) is 20.3 Å². The van der Waals surface area contributed by atoms with Gasteiger partial charge in [0.05, 0.1) is 12.7 Å². The number of hydrogen-bond donors (Lipinski definition) is 2. The number of nitrogens with zero attached hydrogens (tertiary/aromatic N) is 2. The third-order valence-corrected chi connectivity index (χ3v) is 1.68. The van der Waals surface area contributed by atoms with Crippen LogP contribution in [-0.2, 0) is 11.3 Å². The molecule has 0 aliphatic rings. The minimum atomic E-state index is -0.468. The number of rotatable bonds is 6. The Kier molecular flexibility index (Phi) is 5.06. The van der Waals surface area contributed by atoms with Gasteiger partial charge in [0.15, 0.2) is 0 Å². The van der Waals surface area contributed by atoms with Crippen LogP contribution in [-0.4, -0.2) is 41.4 Å². The zero-order valence-corrected chi connectivity index (χ0v) is 8.18. The average molecular weight is 197 g/mol. The van der Waals surface area contributed by atoms with Crippen molar-refractivity contribution in [3.8, 4) is 0 Å². The quantitative estimate of drug-likeness (QED) is 0.648. The van der Waals surface area contributed by atoms with E-state index in [0.717, 1.165) is 5.56 Å². The van der Waals surface area contributed by atoms with Crippen molar-refractivity contribution in [1.82, 2.24) is 15.3 Å². The Morgan fingerprint density at radius 2 is 2.21 bits per heavy atom. The van der Waals surface area contributed by atoms with Crippen molar-refractivity contribution in [2.24, 2.45) is 0 Å². The van der Waals surface area contributed by atoms with Crippen molar-refractivity contribution in [3.63, 3.8) is 0 Å². The molecule has 0 aliphatic carbocycles. The van der Waals surface area contributed by atoms with Gasteiger partial charge in [0, 0.05) is 38.2 Å². The molecule has 0 radical (unpaired) electrons. The summed E-state index contributed by atoms with van der Waals surface area (Å²) in [4.78, 5) is 7.76. The Morgan fingerprint density at radius 3 is 2.86 bits per heavy atom. The van der Waals surface area contributed by atoms with E-state index in [1.807, 2.05) is 0 Å². The monoisotopic (exact) mass is 197 g/mol. The molecule has 1 aromatic rings. The number of aromatic nitrogens is 2. The van der Waals surface area contributed by atoms with Crippen molar-refractivity contribution < 1.29 is 9.84 Å². The predicted octanol–water partition coefficient (Wildman–Crippen LogP) is -0.427. The molecule has 0 saturated heterocycles. The Labute approximate surface area is 83.2 Å². The molecule has 78 valence electrons. The van der Waals surface area contributed by atoms with Gasteiger partial charge in [-0.1, -0.05) is 0 Å². The smallest absolute Gasteiger partial charge is 0.115 e. The number of aliphatic hydroxyl groups excluding tert-OH is 1. The lowest BCUT2D eigenvalue weighted by atomic mass is 10.3. The molecule has 0 aliphatic heterocycles. The minimum Gasteiger partial charge on any atom is -0.389 e. The van der Waals surface area contributed by atoms with Gasteiger partial charge in [-0.25, -0.2) is 9.97 Å². The summed E-state index contributed by atoms with van der Waals surface area (Å²) in [5, 5.41) is 12.4. The van der Waals surface area contributed by atoms with Crippen molar-refractivity contribution >= 4 is 0 Å². The zero-order chi connectivity index (χ0) is 10.2. The third kappa shape index (κ3) is 4.27. The average Bonchev–Trinajstić information content (AvgIpc) is 2.20. The van der Waals surface area contributed by atoms with Crippen LogP contribution in [0.15, 0.2) is 18.7 Å². The van der Waals surface area contributed by atoms with E-state index >= 15 is 0 Å². The molecule has 5 heteroatoms. The molecule has 2 N–H and O–H groups in total. The molecule has 14 heavy (non-hydrogen) atoms. The SMILES string of the molecule is COCC(O)CNCc1cncnc1. The number of nitrogens with one attached hydrogen (secondary N) is 1. The fourth-order valence-corrected chi connectivity index (χ4v) is 1.06. The van der Waals surface area contributed by atoms with E-state index in [-0.39, 0.29) is 0 Å². The predicted molar refractivity (Wildman–Crippen MR) is 51.6 cm³/mol. The van der Waals surface area contributed by atoms with E-state index in [0.29, 0.717) is 19.7 Å². The summed E-state index contributed by atoms with van der Waals surface area (Å²) in [6.45, 7) is 1.50. The van der Waals surface area contributed by atoms with E-state index in [2.05, 4.69) is 15.3 Å². The molecule has 0 amide bonds. The van der Waals surface area contributed by atoms with Crippen molar-refractivity contribution in [1.29, 1.82) is 0 Å². The van der Waals surface area contributed by atoms with E-state index in [9.17, 15) is 5.11 Å². The molecule has 1 atom stereocenters. The second-order valence-corrected chi connectivity index (χ2v) is 2.99. The van der Waals surface area contributed by atoms with Gasteiger partial charge in [0.2, 0.25) is 0 Å². The second-order valence-electron chi connectivity index (χ2n) is 2.99. The van der Waals surface area contributed by atoms with Crippen LogP contribution in [0.5, 0.6) is 0 Å². The first-order valence-corrected chi connectivity index (χ1v) is 4.44. The highest BCUT2D eigenvalue weighted by Gasteiger charge is 2.01. The standard InChI is InChI=1S/C9H15N3O2/c1-14-6-9(13)5-10-2-8-3-11-7-12-4-8/h3-4,7,9-10,13H,2,5-6H2,1H3. The van der Waals surface area contributed by atoms with Crippen LogP contribution in [0.1, 0.15) is 5.56 Å². The van der Waals surface area contributed by atoms with Gasteiger partial charge in [-0.05, 0) is 0 Å². The molecule has 1 rings (SSSR count). The normalized spacial score (nSPS) is 12.7. The molecule has 1 unspecified atom stereocenters. The van der Waals surface area contributed by atoms with Gasteiger partial charge in [0.25, 0.3) is 0 Å². The molecule has 1 heterocycles. The highest BCUT2D eigenvalue weighted by Crippen LogP contribution is 1.91. The minimum absolute atomic E-state index is 0.346. The summed E-state index contributed by atoms with van der Waals surface area (Å²) in [6.07, 6.45) is 4.50. The van der Waals surface area contributed by atoms with Crippen molar-refractivity contribution in [3.05, 3.63) is 24.3 Å². The highest BCUT2D eigenvalue weighted by molar-refractivity contribution is 5.01. The first kappa shape index (κ1) is 11.0. The fraction of sp³-hybridized carbons (Fsp3) is 0.556. The van der Waals surface area contributed by atoms with Crippen LogP contribution < -0.4 is 5.32 Å². The van der Waals surface area contributed by atoms with Gasteiger partial charge in [0.1, 0.15) is 6.33 Å². The second kappa shape index (κ2) is 6.42. The van der Waals surface area contributed by atoms with Gasteiger partial charge >= 0.3 is 0 Å². The molecular formula is C9H15N3O2. The Hall–Kier alpha value is -1.04. The number of aliphatic hydroxyl groups is 1. The molecule has 5 nitrogen and oxygen atoms in total. The lowest BCUT2D eigenvalue weighted by Crippen LogP contribution is -2.29. The summed E-state index contributed by atoms with van der Waals surface area (Å²) in [6, 6.07) is 0. The van der Waals surface area contributed by atoms with Crippen molar-refractivity contribution in [2.45, 2.75) is 12.6 Å². The van der Waals surface area contributed by atoms with Crippen LogP contribution >= 0.6 is 0 Å². The largest absolute Gasteiger partial charge is 0.389 e. The molecule has 1 aromatic heterocycles. The van der Waals surface area contributed by atoms with Gasteiger partial charge in [-0.3, -0.25) is 0 Å². The van der Waals surface area contributed by atoms with Gasteiger partial charge in [-0.2, -0.15) is 0 Å². The topological polar surface area (TPSA) is 67.3 Å². The Morgan fingerprint density at radius 1 is 1.50 bits per heavy atom. The summed E-state index contributed by atoms with van der Waals surface area (Å²) in [5.74, 6) is 0. The molecule has 0 aromatic carbocycles. The van der Waals surface area contributed by atoms with Gasteiger partial charge in [-0.15, -0.1) is 0 Å². The van der Waals surface area contributed by atoms with E-state index in [1.54, 1.807) is 19.5 Å². The summed E-state index contributed by atoms with van der Waals surface area (Å²) in [5.41, 5.74) is 0.997. The maximum Gasteiger partial charge on any atom is 0.115 e. The third-order valence-electron chi connectivity index (χ3n) is 1.68. The first-order chi connectivity index (χ1) is 6.83. The number of hydrogen-bond acceptors (Lipinski definition) is 5. The summed E-state index contributed by atoms with van der Waals surface area (Å²) in [7, 11) is 1.56. The van der Waals surface area contributed by atoms with E-state index in [1.165, 1.54) is 6.33 Å². The molecule has 0 fully saturated rings. The Bertz CT molecular complexity index is 243. The lowest BCUT2D eigenvalue weighted by molar-refractivity contribution is 0.0644. The van der Waals surface area contributed by atoms with Gasteiger partial charge < -0.3 is 15.2 Å². The number of methoxy groups -OCH3 is 1. The summed E-state index contributed by atoms with van der Waals surface area (Å²) >= 11 is 0. The maximum atomic E-state index is 9.31. The number of ether oxygens (including phenoxy) is 1. The van der Waals surface area contributed by atoms with Crippen LogP contribution in [0.3, 0.4) is 0 Å². The van der Waals surface area contributed by atoms with Crippen LogP contribution in [0.2, 0.25) is 0 Å². The van der Waals surface area contributed by atoms with Crippen LogP contribution in [0.25, 0.3) is 0 Å². The molecule has 0 bridgehead atoms. The Balaban J connectivity index is 2.16. The highest BCUT2D eigenvalue weighted by atomic mass is 16.5. The molecular weight excluding hydrogens is 182 g/mol. The molecule has 0 saturated carbocycles. The summed E-state index contributed by atoms with van der Waals surface area (Å²) < 4.78 is 4.79.